The fourth-order valence-corrected chi connectivity index (χ4v) is 4.49. The van der Waals surface area contributed by atoms with Crippen LogP contribution in [0.15, 0.2) is 36.5 Å². The van der Waals surface area contributed by atoms with E-state index >= 15 is 0 Å². The maximum Gasteiger partial charge on any atom is 0.356 e. The number of hydrogen-bond donors (Lipinski definition) is 1. The van der Waals surface area contributed by atoms with Crippen molar-refractivity contribution in [3.63, 3.8) is 0 Å². The van der Waals surface area contributed by atoms with Crippen molar-refractivity contribution in [3.05, 3.63) is 57.8 Å². The summed E-state index contributed by atoms with van der Waals surface area (Å²) in [5.41, 5.74) is -1.11. The van der Waals surface area contributed by atoms with E-state index < -0.39 is 46.1 Å². The molecule has 140 valence electrons. The van der Waals surface area contributed by atoms with Crippen LogP contribution in [0.25, 0.3) is 0 Å². The second-order valence-corrected chi connectivity index (χ2v) is 7.76. The Balaban J connectivity index is 2.55. The molecule has 1 aromatic heterocycles. The molecule has 0 aliphatic rings. The first-order valence-electron chi connectivity index (χ1n) is 7.03. The Morgan fingerprint density at radius 1 is 1.19 bits per heavy atom. The van der Waals surface area contributed by atoms with Gasteiger partial charge in [0.25, 0.3) is 6.43 Å². The van der Waals surface area contributed by atoms with E-state index in [0.29, 0.717) is 4.31 Å². The van der Waals surface area contributed by atoms with E-state index in [1.54, 1.807) is 0 Å². The Morgan fingerprint density at radius 3 is 2.35 bits per heavy atom. The van der Waals surface area contributed by atoms with Crippen LogP contribution in [-0.2, 0) is 15.8 Å². The summed E-state index contributed by atoms with van der Waals surface area (Å²) < 4.78 is 51.9. The Kier molecular flexibility index (Phi) is 6.38. The maximum atomic E-state index is 13.0. The van der Waals surface area contributed by atoms with E-state index in [-0.39, 0.29) is 15.6 Å². The molecule has 1 heterocycles. The first-order chi connectivity index (χ1) is 12.1. The normalized spacial score (nSPS) is 11.6. The number of halogens is 4. The predicted molar refractivity (Wildman–Crippen MR) is 93.6 cm³/mol. The van der Waals surface area contributed by atoms with Crippen LogP contribution in [0.3, 0.4) is 0 Å². The number of carboxylic acid groups (broad SMARTS) is 1. The number of nitrogens with zero attached hydrogens (tertiary/aromatic N) is 2. The second kappa shape index (κ2) is 8.15. The molecule has 0 saturated carbocycles. The molecule has 2 aromatic rings. The van der Waals surface area contributed by atoms with Crippen LogP contribution in [0.2, 0.25) is 10.0 Å². The second-order valence-electron chi connectivity index (χ2n) is 5.05. The lowest BCUT2D eigenvalue weighted by molar-refractivity contribution is 0.0691. The Bertz CT molecular complexity index is 905. The van der Waals surface area contributed by atoms with Gasteiger partial charge in [0.15, 0.2) is 5.69 Å². The van der Waals surface area contributed by atoms with Crippen LogP contribution in [-0.4, -0.2) is 37.4 Å². The molecule has 0 atom stereocenters. The first kappa shape index (κ1) is 20.3. The van der Waals surface area contributed by atoms with Gasteiger partial charge in [-0.3, -0.25) is 4.31 Å². The monoisotopic (exact) mass is 424 g/mol. The van der Waals surface area contributed by atoms with Gasteiger partial charge in [-0.15, -0.1) is 0 Å². The highest BCUT2D eigenvalue weighted by atomic mass is 35.5. The van der Waals surface area contributed by atoms with Crippen LogP contribution in [0.5, 0.6) is 0 Å². The third-order valence-electron chi connectivity index (χ3n) is 3.29. The minimum absolute atomic E-state index is 0.0239. The number of rotatable bonds is 7. The van der Waals surface area contributed by atoms with Gasteiger partial charge in [0.05, 0.1) is 18.0 Å². The van der Waals surface area contributed by atoms with Gasteiger partial charge in [0.2, 0.25) is 10.0 Å². The molecule has 0 aliphatic carbocycles. The highest BCUT2D eigenvalue weighted by molar-refractivity contribution is 7.92. The number of benzene rings is 1. The zero-order chi connectivity index (χ0) is 19.5. The molecule has 11 heteroatoms. The van der Waals surface area contributed by atoms with Crippen LogP contribution in [0, 0.1) is 0 Å². The minimum Gasteiger partial charge on any atom is -0.476 e. The molecule has 0 unspecified atom stereocenters. The van der Waals surface area contributed by atoms with Crippen molar-refractivity contribution in [1.82, 2.24) is 4.98 Å². The minimum atomic E-state index is -4.44. The lowest BCUT2D eigenvalue weighted by Gasteiger charge is -2.25. The van der Waals surface area contributed by atoms with E-state index in [1.165, 1.54) is 24.3 Å². The number of pyridine rings is 1. The Morgan fingerprint density at radius 2 is 1.81 bits per heavy atom. The van der Waals surface area contributed by atoms with Crippen molar-refractivity contribution in [1.29, 1.82) is 0 Å². The fourth-order valence-electron chi connectivity index (χ4n) is 2.18. The lowest BCUT2D eigenvalue weighted by Crippen LogP contribution is -2.37. The number of anilines is 1. The van der Waals surface area contributed by atoms with Gasteiger partial charge in [0.1, 0.15) is 0 Å². The fraction of sp³-hybridized carbons (Fsp3) is 0.200. The molecule has 0 bridgehead atoms. The van der Waals surface area contributed by atoms with Gasteiger partial charge in [-0.1, -0.05) is 29.3 Å². The SMILES string of the molecule is O=C(O)c1ncccc1N(CC(F)F)S(=O)(=O)Cc1c(Cl)cccc1Cl. The molecule has 0 spiro atoms. The van der Waals surface area contributed by atoms with E-state index in [9.17, 15) is 27.1 Å². The average molecular weight is 425 g/mol. The van der Waals surface area contributed by atoms with Crippen molar-refractivity contribution in [3.8, 4) is 0 Å². The smallest absolute Gasteiger partial charge is 0.356 e. The molecule has 1 aromatic carbocycles. The Hall–Kier alpha value is -1.97. The van der Waals surface area contributed by atoms with Crippen LogP contribution in [0.1, 0.15) is 16.1 Å². The zero-order valence-electron chi connectivity index (χ0n) is 12.9. The molecule has 1 N–H and O–H groups in total. The van der Waals surface area contributed by atoms with Crippen molar-refractivity contribution < 1.29 is 27.1 Å². The number of hydrogen-bond acceptors (Lipinski definition) is 4. The Labute approximate surface area is 158 Å². The van der Waals surface area contributed by atoms with Gasteiger partial charge in [-0.05, 0) is 24.3 Å². The van der Waals surface area contributed by atoms with Gasteiger partial charge in [0, 0.05) is 21.8 Å². The number of sulfonamides is 1. The number of carboxylic acids is 1. The quantitative estimate of drug-likeness (QED) is 0.731. The van der Waals surface area contributed by atoms with E-state index in [1.807, 2.05) is 0 Å². The first-order valence-corrected chi connectivity index (χ1v) is 9.39. The summed E-state index contributed by atoms with van der Waals surface area (Å²) in [6.45, 7) is -1.24. The van der Waals surface area contributed by atoms with E-state index in [4.69, 9.17) is 23.2 Å². The third kappa shape index (κ3) is 4.60. The number of carbonyl (C=O) groups is 1. The molecule has 0 amide bonds. The maximum absolute atomic E-state index is 13.0. The molecule has 26 heavy (non-hydrogen) atoms. The number of aromatic carboxylic acids is 1. The summed E-state index contributed by atoms with van der Waals surface area (Å²) in [5.74, 6) is -2.34. The highest BCUT2D eigenvalue weighted by Gasteiger charge is 2.31. The van der Waals surface area contributed by atoms with Crippen molar-refractivity contribution >= 4 is 44.9 Å². The number of alkyl halides is 2. The average Bonchev–Trinajstić information content (AvgIpc) is 2.56. The molecule has 2 rings (SSSR count). The molecule has 0 radical (unpaired) electrons. The molecular formula is C15H12Cl2F2N2O4S. The zero-order valence-corrected chi connectivity index (χ0v) is 15.3. The van der Waals surface area contributed by atoms with E-state index in [2.05, 4.69) is 4.98 Å². The lowest BCUT2D eigenvalue weighted by atomic mass is 10.2. The standard InChI is InChI=1S/C15H12Cl2F2N2O4S/c16-10-3-1-4-11(17)9(10)8-26(24,25)21(7-13(18)19)12-5-2-6-20-14(12)15(22)23/h1-6,13H,7-8H2,(H,22,23). The summed E-state index contributed by atoms with van der Waals surface area (Å²) in [7, 11) is -4.44. The van der Waals surface area contributed by atoms with Gasteiger partial charge in [-0.2, -0.15) is 0 Å². The predicted octanol–water partition coefficient (Wildman–Crippen LogP) is 3.69. The largest absolute Gasteiger partial charge is 0.476 e. The molecule has 0 aliphatic heterocycles. The van der Waals surface area contributed by atoms with Crippen LogP contribution >= 0.6 is 23.2 Å². The van der Waals surface area contributed by atoms with Crippen molar-refractivity contribution in [2.45, 2.75) is 12.2 Å². The molecule has 6 nitrogen and oxygen atoms in total. The highest BCUT2D eigenvalue weighted by Crippen LogP contribution is 2.30. The van der Waals surface area contributed by atoms with Crippen LogP contribution < -0.4 is 4.31 Å². The molecular weight excluding hydrogens is 413 g/mol. The van der Waals surface area contributed by atoms with E-state index in [0.717, 1.165) is 12.3 Å². The molecule has 0 fully saturated rings. The van der Waals surface area contributed by atoms with Crippen molar-refractivity contribution in [2.24, 2.45) is 0 Å². The van der Waals surface area contributed by atoms with Gasteiger partial charge >= 0.3 is 5.97 Å². The van der Waals surface area contributed by atoms with Crippen LogP contribution in [0.4, 0.5) is 14.5 Å². The molecule has 0 saturated heterocycles. The summed E-state index contributed by atoms with van der Waals surface area (Å²) in [5, 5.41) is 9.27. The summed E-state index contributed by atoms with van der Waals surface area (Å²) in [6.07, 6.45) is -1.93. The van der Waals surface area contributed by atoms with Gasteiger partial charge < -0.3 is 5.11 Å². The van der Waals surface area contributed by atoms with Crippen molar-refractivity contribution in [2.75, 3.05) is 10.8 Å². The van der Waals surface area contributed by atoms with Gasteiger partial charge in [-0.25, -0.2) is 27.0 Å². The number of aromatic nitrogens is 1. The summed E-state index contributed by atoms with van der Waals surface area (Å²) in [6, 6.07) is 6.65. The summed E-state index contributed by atoms with van der Waals surface area (Å²) >= 11 is 11.9. The summed E-state index contributed by atoms with van der Waals surface area (Å²) in [4.78, 5) is 14.9. The third-order valence-corrected chi connectivity index (χ3v) is 5.66. The topological polar surface area (TPSA) is 87.6 Å².